The number of nitrogens with zero attached hydrogens (tertiary/aromatic N) is 4. The van der Waals surface area contributed by atoms with E-state index >= 15 is 0 Å². The first-order chi connectivity index (χ1) is 8.79. The molecule has 0 radical (unpaired) electrons. The molecule has 2 fully saturated rings. The van der Waals surface area contributed by atoms with Crippen molar-refractivity contribution in [2.24, 2.45) is 0 Å². The third-order valence-electron chi connectivity index (χ3n) is 3.36. The van der Waals surface area contributed by atoms with E-state index in [-0.39, 0.29) is 29.4 Å². The van der Waals surface area contributed by atoms with Crippen molar-refractivity contribution >= 4 is 28.7 Å². The van der Waals surface area contributed by atoms with E-state index in [2.05, 4.69) is 15.0 Å². The monoisotopic (exact) mass is 265 g/mol. The van der Waals surface area contributed by atoms with Gasteiger partial charge in [-0.3, -0.25) is 4.57 Å². The molecule has 7 nitrogen and oxygen atoms in total. The molecular weight excluding hydrogens is 254 g/mol. The van der Waals surface area contributed by atoms with Crippen LogP contribution < -0.4 is 5.73 Å². The van der Waals surface area contributed by atoms with Gasteiger partial charge in [0.1, 0.15) is 29.4 Å². The number of aromatic nitrogens is 4. The van der Waals surface area contributed by atoms with Gasteiger partial charge >= 0.3 is 0 Å². The minimum absolute atomic E-state index is 0.103. The van der Waals surface area contributed by atoms with Crippen LogP contribution in [0.15, 0.2) is 12.7 Å². The molecule has 0 saturated carbocycles. The first-order valence-electron chi connectivity index (χ1n) is 5.64. The van der Waals surface area contributed by atoms with E-state index in [0.29, 0.717) is 17.0 Å². The van der Waals surface area contributed by atoms with Crippen LogP contribution in [0.2, 0.25) is 0 Å². The quantitative estimate of drug-likeness (QED) is 0.724. The Labute approximate surface area is 106 Å². The molecule has 2 aliphatic heterocycles. The van der Waals surface area contributed by atoms with Crippen LogP contribution in [0, 0.1) is 0 Å². The number of imidazole rings is 1. The molecule has 0 aliphatic carbocycles. The van der Waals surface area contributed by atoms with E-state index in [1.165, 1.54) is 6.33 Å². The molecule has 4 heterocycles. The second-order valence-electron chi connectivity index (χ2n) is 4.40. The summed E-state index contributed by atoms with van der Waals surface area (Å²) in [5.41, 5.74) is 7.09. The number of nitrogens with two attached hydrogens (primary N) is 1. The molecule has 0 bridgehead atoms. The van der Waals surface area contributed by atoms with E-state index in [4.69, 9.17) is 10.5 Å². The number of aliphatic hydroxyl groups is 1. The molecule has 0 unspecified atom stereocenters. The molecule has 0 amide bonds. The number of ether oxygens (including phenoxy) is 1. The summed E-state index contributed by atoms with van der Waals surface area (Å²) in [5, 5.41) is 9.50. The van der Waals surface area contributed by atoms with Crippen molar-refractivity contribution in [3.8, 4) is 0 Å². The maximum atomic E-state index is 9.26. The Morgan fingerprint density at radius 1 is 1.39 bits per heavy atom. The van der Waals surface area contributed by atoms with E-state index in [0.717, 1.165) is 0 Å². The molecule has 4 atom stereocenters. The zero-order chi connectivity index (χ0) is 12.3. The SMILES string of the molecule is Nc1ncnc2c1ncn2[C@H]1S[C@@H](CO)[C@@H]2O[C@@H]21. The van der Waals surface area contributed by atoms with Gasteiger partial charge in [-0.25, -0.2) is 15.0 Å². The molecule has 0 aromatic carbocycles. The van der Waals surface area contributed by atoms with Crippen LogP contribution in [-0.2, 0) is 4.74 Å². The number of thioether (sulfide) groups is 1. The van der Waals surface area contributed by atoms with Gasteiger partial charge in [0.15, 0.2) is 11.5 Å². The molecule has 94 valence electrons. The highest BCUT2D eigenvalue weighted by Crippen LogP contribution is 2.54. The predicted molar refractivity (Wildman–Crippen MR) is 65.9 cm³/mol. The number of epoxide rings is 1. The zero-order valence-electron chi connectivity index (χ0n) is 9.30. The molecule has 2 aromatic rings. The van der Waals surface area contributed by atoms with Gasteiger partial charge in [0.05, 0.1) is 18.2 Å². The van der Waals surface area contributed by atoms with Gasteiger partial charge in [-0.1, -0.05) is 0 Å². The first kappa shape index (κ1) is 10.5. The molecule has 4 rings (SSSR count). The number of anilines is 1. The highest BCUT2D eigenvalue weighted by Gasteiger charge is 2.58. The fraction of sp³-hybridized carbons (Fsp3) is 0.500. The van der Waals surface area contributed by atoms with Crippen LogP contribution >= 0.6 is 11.8 Å². The smallest absolute Gasteiger partial charge is 0.166 e. The van der Waals surface area contributed by atoms with E-state index < -0.39 is 0 Å². The average molecular weight is 265 g/mol. The molecule has 2 aliphatic rings. The summed E-state index contributed by atoms with van der Waals surface area (Å²) in [7, 11) is 0. The second kappa shape index (κ2) is 3.56. The Morgan fingerprint density at radius 3 is 3.06 bits per heavy atom. The second-order valence-corrected chi connectivity index (χ2v) is 5.76. The lowest BCUT2D eigenvalue weighted by Gasteiger charge is -2.15. The maximum Gasteiger partial charge on any atom is 0.166 e. The molecule has 2 aromatic heterocycles. The van der Waals surface area contributed by atoms with E-state index in [1.807, 2.05) is 4.57 Å². The van der Waals surface area contributed by atoms with Crippen LogP contribution in [0.5, 0.6) is 0 Å². The molecular formula is C10H11N5O2S. The van der Waals surface area contributed by atoms with Crippen molar-refractivity contribution < 1.29 is 9.84 Å². The third kappa shape index (κ3) is 1.30. The highest BCUT2D eigenvalue weighted by atomic mass is 32.2. The largest absolute Gasteiger partial charge is 0.395 e. The van der Waals surface area contributed by atoms with Crippen molar-refractivity contribution in [3.63, 3.8) is 0 Å². The molecule has 18 heavy (non-hydrogen) atoms. The fourth-order valence-corrected chi connectivity index (χ4v) is 3.90. The van der Waals surface area contributed by atoms with Gasteiger partial charge in [0, 0.05) is 0 Å². The minimum Gasteiger partial charge on any atom is -0.395 e. The van der Waals surface area contributed by atoms with Crippen molar-refractivity contribution in [2.75, 3.05) is 12.3 Å². The molecule has 8 heteroatoms. The normalized spacial score (nSPS) is 33.8. The standard InChI is InChI=1S/C10H11N5O2S/c11-8-5-9(13-2-12-8)15(3-14-5)10-7-6(17-7)4(1-16)18-10/h2-4,6-7,10,16H,1H2,(H2,11,12,13)/t4-,6-,7-,10-/m0/s1. The van der Waals surface area contributed by atoms with Crippen molar-refractivity contribution in [2.45, 2.75) is 22.8 Å². The van der Waals surface area contributed by atoms with Gasteiger partial charge in [0.2, 0.25) is 0 Å². The number of aliphatic hydroxyl groups excluding tert-OH is 1. The Morgan fingerprint density at radius 2 is 2.28 bits per heavy atom. The number of nitrogen functional groups attached to an aromatic ring is 1. The van der Waals surface area contributed by atoms with Gasteiger partial charge < -0.3 is 15.6 Å². The van der Waals surface area contributed by atoms with Crippen LogP contribution in [-0.4, -0.2) is 48.7 Å². The lowest BCUT2D eigenvalue weighted by molar-refractivity contribution is 0.262. The third-order valence-corrected chi connectivity index (χ3v) is 4.91. The summed E-state index contributed by atoms with van der Waals surface area (Å²) >= 11 is 1.69. The van der Waals surface area contributed by atoms with E-state index in [9.17, 15) is 5.11 Å². The lowest BCUT2D eigenvalue weighted by atomic mass is 10.2. The van der Waals surface area contributed by atoms with Crippen LogP contribution in [0.1, 0.15) is 5.37 Å². The van der Waals surface area contributed by atoms with Crippen LogP contribution in [0.4, 0.5) is 5.82 Å². The summed E-state index contributed by atoms with van der Waals surface area (Å²) in [6, 6.07) is 0. The summed E-state index contributed by atoms with van der Waals surface area (Å²) < 4.78 is 7.52. The zero-order valence-corrected chi connectivity index (χ0v) is 10.1. The predicted octanol–water partition coefficient (Wildman–Crippen LogP) is -0.218. The lowest BCUT2D eigenvalue weighted by Crippen LogP contribution is -2.13. The van der Waals surface area contributed by atoms with Crippen molar-refractivity contribution in [1.82, 2.24) is 19.5 Å². The van der Waals surface area contributed by atoms with Crippen LogP contribution in [0.3, 0.4) is 0 Å². The first-order valence-corrected chi connectivity index (χ1v) is 6.58. The molecule has 3 N–H and O–H groups in total. The van der Waals surface area contributed by atoms with Crippen molar-refractivity contribution in [1.29, 1.82) is 0 Å². The topological polar surface area (TPSA) is 102 Å². The number of rotatable bonds is 2. The van der Waals surface area contributed by atoms with Gasteiger partial charge in [-0.05, 0) is 0 Å². The summed E-state index contributed by atoms with van der Waals surface area (Å²) in [6.07, 6.45) is 3.44. The van der Waals surface area contributed by atoms with E-state index in [1.54, 1.807) is 18.1 Å². The Balaban J connectivity index is 1.78. The summed E-state index contributed by atoms with van der Waals surface area (Å²) in [4.78, 5) is 12.4. The minimum atomic E-state index is 0.103. The Hall–Kier alpha value is -1.38. The summed E-state index contributed by atoms with van der Waals surface area (Å²) in [5.74, 6) is 0.383. The van der Waals surface area contributed by atoms with Crippen LogP contribution in [0.25, 0.3) is 11.2 Å². The maximum absolute atomic E-state index is 9.26. The number of hydrogen-bond donors (Lipinski definition) is 2. The fourth-order valence-electron chi connectivity index (χ4n) is 2.43. The highest BCUT2D eigenvalue weighted by molar-refractivity contribution is 8.00. The number of fused-ring (bicyclic) bond motifs is 2. The Kier molecular flexibility index (Phi) is 2.08. The average Bonchev–Trinajstić information content (AvgIpc) is 2.91. The van der Waals surface area contributed by atoms with Gasteiger partial charge in [0.25, 0.3) is 0 Å². The number of hydrogen-bond acceptors (Lipinski definition) is 7. The molecule has 2 saturated heterocycles. The van der Waals surface area contributed by atoms with Gasteiger partial charge in [-0.15, -0.1) is 11.8 Å². The van der Waals surface area contributed by atoms with Gasteiger partial charge in [-0.2, -0.15) is 0 Å². The summed E-state index contributed by atoms with van der Waals surface area (Å²) in [6.45, 7) is 0.131. The molecule has 0 spiro atoms. The van der Waals surface area contributed by atoms with Crippen molar-refractivity contribution in [3.05, 3.63) is 12.7 Å². The Bertz CT molecular complexity index is 617.